The summed E-state index contributed by atoms with van der Waals surface area (Å²) in [5.74, 6) is 5.89. The molecule has 0 amide bonds. The molecule has 0 saturated heterocycles. The van der Waals surface area contributed by atoms with Crippen LogP contribution in [0.25, 0.3) is 180 Å². The SMILES string of the molecule is Brc1cccc(-c2nc(-c3ccccc3)nc(-c3ccccc3)n2)c1.Clc1cccc(-c2cccc(-c3nc(-c4ccccc4)nc(-c4ccccc4)n3)c2)c1.OB(O)c1cccc(Cl)c1.OB(O)c1cccc2c1C1(c3ccccc3-c3ccccc31)c1ccccc1-2.[I-].c1ccc(-c2nc(-c3ccccc3)nc(-c3cccc(-c4cccc(-c5cccc6c5C5(c7ccccc7-c7ccccc75)c5ccccc5-6)c4)c3)n2)cc1. The summed E-state index contributed by atoms with van der Waals surface area (Å²) in [6, 6.07) is 173. The summed E-state index contributed by atoms with van der Waals surface area (Å²) >= 11 is 15.3. The Labute approximate surface area is 905 Å². The van der Waals surface area contributed by atoms with Crippen molar-refractivity contribution in [2.45, 2.75) is 10.8 Å². The molecule has 2 spiro atoms. The first-order valence-corrected chi connectivity index (χ1v) is 50.6. The van der Waals surface area contributed by atoms with Crippen molar-refractivity contribution in [3.63, 3.8) is 0 Å². The number of hydrogen-bond acceptors (Lipinski definition) is 13. The largest absolute Gasteiger partial charge is 1.00 e. The van der Waals surface area contributed by atoms with E-state index in [0.29, 0.717) is 73.4 Å². The van der Waals surface area contributed by atoms with Crippen molar-refractivity contribution in [1.29, 1.82) is 0 Å². The molecule has 150 heavy (non-hydrogen) atoms. The topological polar surface area (TPSA) is 197 Å². The maximum absolute atomic E-state index is 10.3. The molecule has 0 unspecified atom stereocenters. The maximum atomic E-state index is 10.3. The Morgan fingerprint density at radius 1 is 0.180 bits per heavy atom. The Bertz CT molecular complexity index is 8640. The molecule has 0 radical (unpaired) electrons. The van der Waals surface area contributed by atoms with Crippen LogP contribution in [0.3, 0.4) is 0 Å². The van der Waals surface area contributed by atoms with E-state index in [9.17, 15) is 10.0 Å². The Balaban J connectivity index is 0.000000115. The fourth-order valence-corrected chi connectivity index (χ4v) is 21.9. The molecule has 4 aliphatic carbocycles. The van der Waals surface area contributed by atoms with E-state index in [1.54, 1.807) is 18.2 Å². The predicted octanol–water partition coefficient (Wildman–Crippen LogP) is 26.1. The van der Waals surface area contributed by atoms with Crippen molar-refractivity contribution in [3.8, 4) is 180 Å². The van der Waals surface area contributed by atoms with Gasteiger partial charge in [0.15, 0.2) is 52.4 Å². The van der Waals surface area contributed by atoms with Crippen LogP contribution in [0.15, 0.2) is 514 Å². The van der Waals surface area contributed by atoms with Gasteiger partial charge in [-0.15, -0.1) is 0 Å². The average Bonchev–Trinajstić information content (AvgIpc) is 1.50. The molecule has 0 atom stereocenters. The van der Waals surface area contributed by atoms with E-state index in [-0.39, 0.29) is 24.0 Å². The molecule has 3 heterocycles. The highest BCUT2D eigenvalue weighted by Gasteiger charge is 2.55. The van der Waals surface area contributed by atoms with Crippen LogP contribution in [0.5, 0.6) is 0 Å². The lowest BCUT2D eigenvalue weighted by Gasteiger charge is -2.32. The van der Waals surface area contributed by atoms with Gasteiger partial charge < -0.3 is 44.1 Å². The number of fused-ring (bicyclic) bond motifs is 20. The van der Waals surface area contributed by atoms with Crippen LogP contribution in [-0.2, 0) is 10.8 Å². The van der Waals surface area contributed by atoms with E-state index in [1.807, 2.05) is 255 Å². The Morgan fingerprint density at radius 3 is 0.713 bits per heavy atom. The molecule has 4 N–H and O–H groups in total. The molecule has 0 saturated carbocycles. The Kier molecular flexibility index (Phi) is 28.3. The zero-order valence-electron chi connectivity index (χ0n) is 80.5. The third-order valence-corrected chi connectivity index (χ3v) is 28.5. The molecule has 20 aromatic carbocycles. The highest BCUT2D eigenvalue weighted by Crippen LogP contribution is 2.66. The molecule has 4 aliphatic rings. The quantitative estimate of drug-likeness (QED) is 0.0593. The predicted molar refractivity (Wildman–Crippen MR) is 608 cm³/mol. The van der Waals surface area contributed by atoms with Gasteiger partial charge in [0.1, 0.15) is 0 Å². The van der Waals surface area contributed by atoms with Gasteiger partial charge in [-0.3, -0.25) is 0 Å². The Morgan fingerprint density at radius 2 is 0.400 bits per heavy atom. The molecule has 716 valence electrons. The second kappa shape index (κ2) is 43.3. The number of aromatic nitrogens is 9. The summed E-state index contributed by atoms with van der Waals surface area (Å²) in [6.07, 6.45) is 0. The van der Waals surface area contributed by atoms with Crippen molar-refractivity contribution < 1.29 is 44.1 Å². The Hall–Kier alpha value is -16.8. The second-order valence-electron chi connectivity index (χ2n) is 36.5. The van der Waals surface area contributed by atoms with Gasteiger partial charge >= 0.3 is 14.2 Å². The fraction of sp³-hybridized carbons (Fsp3) is 0.0153. The highest BCUT2D eigenvalue weighted by molar-refractivity contribution is 9.10. The molecule has 3 aromatic heterocycles. The lowest BCUT2D eigenvalue weighted by Crippen LogP contribution is -3.00. The lowest BCUT2D eigenvalue weighted by molar-refractivity contribution is -0.0000331. The monoisotopic (exact) mass is 2150 g/mol. The van der Waals surface area contributed by atoms with Gasteiger partial charge in [-0.05, 0) is 188 Å². The van der Waals surface area contributed by atoms with Crippen molar-refractivity contribution in [2.24, 2.45) is 0 Å². The normalized spacial score (nSPS) is 12.0. The molecule has 13 nitrogen and oxygen atoms in total. The summed E-state index contributed by atoms with van der Waals surface area (Å²) in [4.78, 5) is 43.4. The zero-order valence-corrected chi connectivity index (χ0v) is 85.7. The van der Waals surface area contributed by atoms with E-state index in [0.717, 1.165) is 93.5 Å². The van der Waals surface area contributed by atoms with Crippen LogP contribution in [0.1, 0.15) is 44.5 Å². The molecule has 0 fully saturated rings. The second-order valence-corrected chi connectivity index (χ2v) is 38.2. The summed E-state index contributed by atoms with van der Waals surface area (Å²) in [5.41, 5.74) is 35.3. The first kappa shape index (κ1) is 97.9. The highest BCUT2D eigenvalue weighted by atomic mass is 127. The van der Waals surface area contributed by atoms with Crippen molar-refractivity contribution in [3.05, 3.63) is 569 Å². The molecule has 27 rings (SSSR count). The standard InChI is InChI=1S/C52H33N3.C27H18ClN3.C25H17BO2.C21H14BrN3.C6H6BClO2.HI/c1-3-16-34(17-4-1)49-53-50(35-18-5-2-6-19-35)55-51(54-49)39-23-14-21-37(33-39)36-20-13-22-38(32-36)40-27-15-28-44-43-26-9-12-31-47(43)52(48(40)44)45-29-10-7-24-41(45)42-25-8-11-30-46(42)52;28-24-16-8-14-22(18-24)21-13-7-15-23(17-21)27-30-25(19-9-3-1-4-10-19)29-26(31-27)20-11-5-2-6-12-20;27-26(28)23-15-7-11-19-18-10-3-6-14-22(18)25(24(19)23)20-12-4-1-8-16(20)17-9-2-5-13-21(17)25;22-18-13-7-12-17(14-18)21-24-19(15-8-3-1-4-9-15)23-20(25-21)16-10-5-2-6-11-16;8-6-3-1-2-5(4-6)7(9)10;/h1-33H;1-18H;1-15,27-28H;1-14H;1-4,9-10H;1H/p-1. The van der Waals surface area contributed by atoms with E-state index in [2.05, 4.69) is 251 Å². The van der Waals surface area contributed by atoms with Crippen LogP contribution < -0.4 is 34.9 Å². The number of rotatable bonds is 14. The van der Waals surface area contributed by atoms with Crippen LogP contribution in [0, 0.1) is 0 Å². The molecule has 0 aliphatic heterocycles. The molecule has 19 heteroatoms. The molecule has 0 bridgehead atoms. The van der Waals surface area contributed by atoms with E-state index in [4.69, 9.17) is 73.1 Å². The van der Waals surface area contributed by atoms with Gasteiger partial charge in [0.25, 0.3) is 0 Å². The zero-order chi connectivity index (χ0) is 101. The van der Waals surface area contributed by atoms with Gasteiger partial charge in [0, 0.05) is 64.6 Å². The molecular weight excluding hydrogens is 2060 g/mol. The number of nitrogens with zero attached hydrogens (tertiary/aromatic N) is 9. The van der Waals surface area contributed by atoms with Crippen molar-refractivity contribution in [2.75, 3.05) is 0 Å². The summed E-state index contributed by atoms with van der Waals surface area (Å²) in [6.45, 7) is 0. The number of benzene rings is 20. The first-order valence-electron chi connectivity index (χ1n) is 49.0. The smallest absolute Gasteiger partial charge is 0.488 e. The van der Waals surface area contributed by atoms with Crippen molar-refractivity contribution >= 4 is 64.3 Å². The van der Waals surface area contributed by atoms with Gasteiger partial charge in [-0.2, -0.15) is 0 Å². The van der Waals surface area contributed by atoms with E-state index >= 15 is 0 Å². The van der Waals surface area contributed by atoms with E-state index < -0.39 is 25.1 Å². The van der Waals surface area contributed by atoms with Crippen LogP contribution in [0.2, 0.25) is 10.0 Å². The van der Waals surface area contributed by atoms with Crippen LogP contribution in [0.4, 0.5) is 0 Å². The van der Waals surface area contributed by atoms with Gasteiger partial charge in [0.05, 0.1) is 10.8 Å². The van der Waals surface area contributed by atoms with Crippen LogP contribution >= 0.6 is 39.1 Å². The fourth-order valence-electron chi connectivity index (χ4n) is 21.1. The van der Waals surface area contributed by atoms with E-state index in [1.165, 1.54) is 89.5 Å². The minimum absolute atomic E-state index is 0. The third kappa shape index (κ3) is 19.1. The number of hydrogen-bond donors (Lipinski definition) is 4. The lowest BCUT2D eigenvalue weighted by atomic mass is 9.64. The minimum atomic E-state index is -1.53. The van der Waals surface area contributed by atoms with Gasteiger partial charge in [-0.25, -0.2) is 44.9 Å². The minimum Gasteiger partial charge on any atom is -1.00 e. The molecule has 23 aromatic rings. The van der Waals surface area contributed by atoms with Crippen LogP contribution in [-0.4, -0.2) is 79.2 Å². The average molecular weight is 2150 g/mol. The van der Waals surface area contributed by atoms with Gasteiger partial charge in [-0.1, -0.05) is 494 Å². The summed E-state index contributed by atoms with van der Waals surface area (Å²) in [5, 5.41) is 39.0. The third-order valence-electron chi connectivity index (χ3n) is 27.6. The summed E-state index contributed by atoms with van der Waals surface area (Å²) < 4.78 is 0.993. The maximum Gasteiger partial charge on any atom is 0.488 e. The van der Waals surface area contributed by atoms with Crippen molar-refractivity contribution in [1.82, 2.24) is 44.9 Å². The van der Waals surface area contributed by atoms with Gasteiger partial charge in [0.2, 0.25) is 0 Å². The summed E-state index contributed by atoms with van der Waals surface area (Å²) in [7, 11) is -2.96. The number of halogens is 4. The molecular formula is C131H88B2BrCl2IN9O4-. The first-order chi connectivity index (χ1) is 73.3.